The van der Waals surface area contributed by atoms with Crippen molar-refractivity contribution in [3.8, 4) is 0 Å². The van der Waals surface area contributed by atoms with Crippen molar-refractivity contribution < 1.29 is 9.59 Å². The molecule has 1 unspecified atom stereocenters. The van der Waals surface area contributed by atoms with Crippen LogP contribution in [0.5, 0.6) is 0 Å². The number of aromatic amines is 1. The Morgan fingerprint density at radius 3 is 2.36 bits per heavy atom. The third kappa shape index (κ3) is 3.73. The molecule has 134 valence electrons. The van der Waals surface area contributed by atoms with E-state index in [-0.39, 0.29) is 22.2 Å². The summed E-state index contributed by atoms with van der Waals surface area (Å²) in [5.74, 6) is -0.836. The summed E-state index contributed by atoms with van der Waals surface area (Å²) in [6.07, 6.45) is 0.626. The number of amides is 2. The molecule has 1 atom stereocenters. The van der Waals surface area contributed by atoms with Gasteiger partial charge in [-0.05, 0) is 36.3 Å². The van der Waals surface area contributed by atoms with Gasteiger partial charge in [-0.3, -0.25) is 9.59 Å². The van der Waals surface area contributed by atoms with Crippen LogP contribution < -0.4 is 10.6 Å². The minimum atomic E-state index is -0.424. The maximum atomic E-state index is 12.4. The second-order valence-electron chi connectivity index (χ2n) is 5.28. The molecule has 0 spiro atoms. The van der Waals surface area contributed by atoms with Crippen molar-refractivity contribution in [2.75, 3.05) is 14.1 Å². The zero-order chi connectivity index (χ0) is 18.7. The summed E-state index contributed by atoms with van der Waals surface area (Å²) in [7, 11) is 2.98. The first-order valence-electron chi connectivity index (χ1n) is 7.59. The standard InChI is InChI=1S/C16H18Cl2N4O2S/c1-4-11(8-5-6-9(17)10(18)7-8)22-13(15(24)20-3)12(14(23)19-2)21-16(22)25/h5-7,11H,4H2,1-3H3,(H,19,23)(H,20,24)(H,21,25). The first kappa shape index (κ1) is 19.5. The van der Waals surface area contributed by atoms with Crippen LogP contribution >= 0.6 is 35.4 Å². The van der Waals surface area contributed by atoms with Gasteiger partial charge in [0.1, 0.15) is 11.4 Å². The Morgan fingerprint density at radius 1 is 1.20 bits per heavy atom. The summed E-state index contributed by atoms with van der Waals surface area (Å²) < 4.78 is 1.91. The molecule has 0 saturated carbocycles. The van der Waals surface area contributed by atoms with Crippen LogP contribution in [0.4, 0.5) is 0 Å². The number of H-pyrrole nitrogens is 1. The lowest BCUT2D eigenvalue weighted by Crippen LogP contribution is -2.29. The van der Waals surface area contributed by atoms with Gasteiger partial charge in [0.25, 0.3) is 11.8 Å². The van der Waals surface area contributed by atoms with E-state index in [1.165, 1.54) is 14.1 Å². The van der Waals surface area contributed by atoms with E-state index in [1.54, 1.807) is 16.7 Å². The van der Waals surface area contributed by atoms with Crippen molar-refractivity contribution in [1.82, 2.24) is 20.2 Å². The van der Waals surface area contributed by atoms with Gasteiger partial charge in [-0.2, -0.15) is 0 Å². The van der Waals surface area contributed by atoms with Crippen molar-refractivity contribution in [3.05, 3.63) is 50.0 Å². The molecule has 0 radical (unpaired) electrons. The lowest BCUT2D eigenvalue weighted by atomic mass is 10.0. The Bertz CT molecular complexity index is 876. The molecule has 1 aromatic heterocycles. The molecule has 1 aromatic carbocycles. The number of rotatable bonds is 5. The summed E-state index contributed by atoms with van der Waals surface area (Å²) in [6, 6.07) is 4.96. The van der Waals surface area contributed by atoms with Crippen LogP contribution in [0.3, 0.4) is 0 Å². The van der Waals surface area contributed by atoms with Crippen LogP contribution in [-0.4, -0.2) is 35.5 Å². The molecule has 0 fully saturated rings. The van der Waals surface area contributed by atoms with Crippen molar-refractivity contribution in [1.29, 1.82) is 0 Å². The van der Waals surface area contributed by atoms with Gasteiger partial charge in [0, 0.05) is 14.1 Å². The Kier molecular flexibility index (Phi) is 6.26. The van der Waals surface area contributed by atoms with Gasteiger partial charge in [0.2, 0.25) is 0 Å². The summed E-state index contributed by atoms with van der Waals surface area (Å²) >= 11 is 17.5. The first-order chi connectivity index (χ1) is 11.8. The molecular weight excluding hydrogens is 383 g/mol. The molecule has 0 bridgehead atoms. The van der Waals surface area contributed by atoms with Gasteiger partial charge in [-0.15, -0.1) is 0 Å². The van der Waals surface area contributed by atoms with E-state index >= 15 is 0 Å². The first-order valence-corrected chi connectivity index (χ1v) is 8.75. The molecule has 0 saturated heterocycles. The minimum absolute atomic E-state index is 0.116. The van der Waals surface area contributed by atoms with Gasteiger partial charge < -0.3 is 20.2 Å². The van der Waals surface area contributed by atoms with E-state index < -0.39 is 11.8 Å². The molecule has 2 aromatic rings. The van der Waals surface area contributed by atoms with E-state index in [0.29, 0.717) is 16.5 Å². The number of benzene rings is 1. The lowest BCUT2D eigenvalue weighted by molar-refractivity contribution is 0.0919. The molecule has 25 heavy (non-hydrogen) atoms. The monoisotopic (exact) mass is 400 g/mol. The van der Waals surface area contributed by atoms with Crippen LogP contribution in [0.2, 0.25) is 10.0 Å². The highest BCUT2D eigenvalue weighted by atomic mass is 35.5. The molecule has 9 heteroatoms. The fourth-order valence-corrected chi connectivity index (χ4v) is 3.29. The van der Waals surface area contributed by atoms with E-state index in [1.807, 2.05) is 13.0 Å². The van der Waals surface area contributed by atoms with Gasteiger partial charge in [0.15, 0.2) is 4.77 Å². The number of carbonyl (C=O) groups is 2. The number of nitrogens with one attached hydrogen (secondary N) is 3. The SMILES string of the molecule is CCC(c1ccc(Cl)c(Cl)c1)n1c(C(=O)NC)c(C(=O)NC)[nH]c1=S. The fourth-order valence-electron chi connectivity index (χ4n) is 2.66. The Hall–Kier alpha value is -1.83. The van der Waals surface area contributed by atoms with Crippen LogP contribution in [0.15, 0.2) is 18.2 Å². The summed E-state index contributed by atoms with van der Waals surface area (Å²) in [6.45, 7) is 1.95. The van der Waals surface area contributed by atoms with E-state index in [0.717, 1.165) is 5.56 Å². The average Bonchev–Trinajstić information content (AvgIpc) is 2.94. The average molecular weight is 401 g/mol. The molecule has 3 N–H and O–H groups in total. The normalized spacial score (nSPS) is 11.9. The molecule has 1 heterocycles. The van der Waals surface area contributed by atoms with Gasteiger partial charge >= 0.3 is 0 Å². The predicted molar refractivity (Wildman–Crippen MR) is 101 cm³/mol. The van der Waals surface area contributed by atoms with Crippen LogP contribution in [0, 0.1) is 4.77 Å². The smallest absolute Gasteiger partial charge is 0.270 e. The molecule has 2 amide bonds. The third-order valence-electron chi connectivity index (χ3n) is 3.85. The van der Waals surface area contributed by atoms with Crippen LogP contribution in [0.25, 0.3) is 0 Å². The summed E-state index contributed by atoms with van der Waals surface area (Å²) in [5.41, 5.74) is 1.12. The molecule has 2 rings (SSSR count). The molecule has 0 aliphatic carbocycles. The Labute approximate surface area is 160 Å². The topological polar surface area (TPSA) is 78.9 Å². The molecular formula is C16H18Cl2N4O2S. The minimum Gasteiger partial charge on any atom is -0.354 e. The number of halogens is 2. The third-order valence-corrected chi connectivity index (χ3v) is 4.89. The Morgan fingerprint density at radius 2 is 1.84 bits per heavy atom. The highest BCUT2D eigenvalue weighted by Crippen LogP contribution is 2.31. The number of nitrogens with zero attached hydrogens (tertiary/aromatic N) is 1. The number of imidazole rings is 1. The quantitative estimate of drug-likeness (QED) is 0.671. The second-order valence-corrected chi connectivity index (χ2v) is 6.48. The molecule has 0 aliphatic heterocycles. The van der Waals surface area contributed by atoms with Crippen LogP contribution in [0.1, 0.15) is 45.9 Å². The van der Waals surface area contributed by atoms with E-state index in [9.17, 15) is 9.59 Å². The number of aromatic nitrogens is 2. The largest absolute Gasteiger partial charge is 0.354 e. The highest BCUT2D eigenvalue weighted by Gasteiger charge is 2.27. The van der Waals surface area contributed by atoms with Crippen molar-refractivity contribution in [2.45, 2.75) is 19.4 Å². The highest BCUT2D eigenvalue weighted by molar-refractivity contribution is 7.71. The van der Waals surface area contributed by atoms with Gasteiger partial charge in [-0.25, -0.2) is 0 Å². The second kappa shape index (κ2) is 8.03. The van der Waals surface area contributed by atoms with Crippen molar-refractivity contribution >= 4 is 47.2 Å². The van der Waals surface area contributed by atoms with Gasteiger partial charge in [-0.1, -0.05) is 36.2 Å². The van der Waals surface area contributed by atoms with Crippen LogP contribution in [-0.2, 0) is 0 Å². The maximum absolute atomic E-state index is 12.4. The fraction of sp³-hybridized carbons (Fsp3) is 0.312. The van der Waals surface area contributed by atoms with E-state index in [4.69, 9.17) is 35.4 Å². The summed E-state index contributed by atoms with van der Waals surface area (Å²) in [4.78, 5) is 27.4. The van der Waals surface area contributed by atoms with E-state index in [2.05, 4.69) is 15.6 Å². The maximum Gasteiger partial charge on any atom is 0.270 e. The number of hydrogen-bond donors (Lipinski definition) is 3. The Balaban J connectivity index is 2.72. The lowest BCUT2D eigenvalue weighted by Gasteiger charge is -2.20. The number of carbonyl (C=O) groups excluding carboxylic acids is 2. The molecule has 6 nitrogen and oxygen atoms in total. The molecule has 0 aliphatic rings. The summed E-state index contributed by atoms with van der Waals surface area (Å²) in [5, 5.41) is 5.91. The van der Waals surface area contributed by atoms with Crippen molar-refractivity contribution in [3.63, 3.8) is 0 Å². The van der Waals surface area contributed by atoms with Crippen molar-refractivity contribution in [2.24, 2.45) is 0 Å². The zero-order valence-electron chi connectivity index (χ0n) is 13.9. The zero-order valence-corrected chi connectivity index (χ0v) is 16.3. The number of hydrogen-bond acceptors (Lipinski definition) is 3. The van der Waals surface area contributed by atoms with Gasteiger partial charge in [0.05, 0.1) is 16.1 Å². The predicted octanol–water partition coefficient (Wildman–Crippen LogP) is 3.57.